The largest absolute Gasteiger partial charge is 0.495 e. The zero-order valence-corrected chi connectivity index (χ0v) is 13.7. The third-order valence-electron chi connectivity index (χ3n) is 3.74. The Morgan fingerprint density at radius 3 is 2.62 bits per heavy atom. The number of sulfonamides is 1. The second-order valence-corrected chi connectivity index (χ2v) is 7.32. The summed E-state index contributed by atoms with van der Waals surface area (Å²) in [4.78, 5) is 0.257. The number of ether oxygens (including phenoxy) is 1. The Balaban J connectivity index is 2.32. The standard InChI is InChI=1S/C15H24N2O3S/c1-4-17(11-12-5-6-12)21(18,19)15-8-7-13(10-16-2)9-14(15)20-3/h7-9,12,16H,4-6,10-11H2,1-3H3. The molecule has 0 saturated heterocycles. The number of benzene rings is 1. The van der Waals surface area contributed by atoms with E-state index in [0.29, 0.717) is 31.3 Å². The molecule has 2 rings (SSSR count). The van der Waals surface area contributed by atoms with E-state index >= 15 is 0 Å². The number of nitrogens with one attached hydrogen (secondary N) is 1. The van der Waals surface area contributed by atoms with E-state index < -0.39 is 10.0 Å². The summed E-state index contributed by atoms with van der Waals surface area (Å²) in [5, 5.41) is 3.05. The van der Waals surface area contributed by atoms with Gasteiger partial charge < -0.3 is 10.1 Å². The molecule has 0 atom stereocenters. The first-order chi connectivity index (χ1) is 10.0. The number of nitrogens with zero attached hydrogens (tertiary/aromatic N) is 1. The van der Waals surface area contributed by atoms with Crippen LogP contribution in [0.5, 0.6) is 5.75 Å². The van der Waals surface area contributed by atoms with Crippen LogP contribution in [0.3, 0.4) is 0 Å². The Labute approximate surface area is 127 Å². The third-order valence-corrected chi connectivity index (χ3v) is 5.72. The normalized spacial score (nSPS) is 15.4. The minimum absolute atomic E-state index is 0.257. The van der Waals surface area contributed by atoms with Crippen LogP contribution < -0.4 is 10.1 Å². The van der Waals surface area contributed by atoms with Gasteiger partial charge in [-0.15, -0.1) is 0 Å². The average molecular weight is 312 g/mol. The first-order valence-electron chi connectivity index (χ1n) is 7.34. The van der Waals surface area contributed by atoms with Gasteiger partial charge in [-0.05, 0) is 43.5 Å². The Kier molecular flexibility index (Phi) is 5.24. The average Bonchev–Trinajstić information content (AvgIpc) is 3.28. The van der Waals surface area contributed by atoms with Gasteiger partial charge in [0, 0.05) is 19.6 Å². The molecule has 6 heteroatoms. The maximum Gasteiger partial charge on any atom is 0.246 e. The number of methoxy groups -OCH3 is 1. The third kappa shape index (κ3) is 3.75. The predicted octanol–water partition coefficient (Wildman–Crippen LogP) is 1.84. The summed E-state index contributed by atoms with van der Waals surface area (Å²) in [5.74, 6) is 0.936. The van der Waals surface area contributed by atoms with Crippen LogP contribution in [-0.4, -0.2) is 40.0 Å². The lowest BCUT2D eigenvalue weighted by atomic mass is 10.2. The summed E-state index contributed by atoms with van der Waals surface area (Å²) in [6.07, 6.45) is 2.26. The molecule has 1 saturated carbocycles. The van der Waals surface area contributed by atoms with Crippen molar-refractivity contribution in [1.82, 2.24) is 9.62 Å². The second kappa shape index (κ2) is 6.77. The minimum Gasteiger partial charge on any atom is -0.495 e. The van der Waals surface area contributed by atoms with Crippen LogP contribution in [-0.2, 0) is 16.6 Å². The van der Waals surface area contributed by atoms with Crippen molar-refractivity contribution in [3.63, 3.8) is 0 Å². The fourth-order valence-corrected chi connectivity index (χ4v) is 4.03. The van der Waals surface area contributed by atoms with Gasteiger partial charge in [0.05, 0.1) is 7.11 Å². The summed E-state index contributed by atoms with van der Waals surface area (Å²) in [6, 6.07) is 5.27. The molecule has 0 amide bonds. The van der Waals surface area contributed by atoms with Crippen molar-refractivity contribution < 1.29 is 13.2 Å². The van der Waals surface area contributed by atoms with Crippen molar-refractivity contribution in [3.05, 3.63) is 23.8 Å². The molecule has 1 fully saturated rings. The fraction of sp³-hybridized carbons (Fsp3) is 0.600. The molecule has 1 aromatic carbocycles. The molecule has 0 aliphatic heterocycles. The summed E-state index contributed by atoms with van der Waals surface area (Å²) >= 11 is 0. The van der Waals surface area contributed by atoms with E-state index in [2.05, 4.69) is 5.32 Å². The van der Waals surface area contributed by atoms with Crippen molar-refractivity contribution in [3.8, 4) is 5.75 Å². The van der Waals surface area contributed by atoms with E-state index in [4.69, 9.17) is 4.74 Å². The molecule has 0 radical (unpaired) electrons. The van der Waals surface area contributed by atoms with Gasteiger partial charge in [0.1, 0.15) is 10.6 Å². The summed E-state index contributed by atoms with van der Waals surface area (Å²) in [5.41, 5.74) is 0.999. The summed E-state index contributed by atoms with van der Waals surface area (Å²) < 4.78 is 32.5. The van der Waals surface area contributed by atoms with E-state index in [1.165, 1.54) is 7.11 Å². The molecule has 5 nitrogen and oxygen atoms in total. The van der Waals surface area contributed by atoms with Crippen LogP contribution in [0, 0.1) is 5.92 Å². The molecular weight excluding hydrogens is 288 g/mol. The molecule has 21 heavy (non-hydrogen) atoms. The van der Waals surface area contributed by atoms with Crippen LogP contribution in [0.15, 0.2) is 23.1 Å². The van der Waals surface area contributed by atoms with Gasteiger partial charge in [0.2, 0.25) is 10.0 Å². The zero-order chi connectivity index (χ0) is 15.5. The maximum absolute atomic E-state index is 12.8. The SMILES string of the molecule is CCN(CC1CC1)S(=O)(=O)c1ccc(CNC)cc1OC. The highest BCUT2D eigenvalue weighted by Crippen LogP contribution is 2.33. The van der Waals surface area contributed by atoms with Gasteiger partial charge in [-0.2, -0.15) is 4.31 Å². The Morgan fingerprint density at radius 1 is 1.38 bits per heavy atom. The minimum atomic E-state index is -3.49. The number of hydrogen-bond acceptors (Lipinski definition) is 4. The topological polar surface area (TPSA) is 58.6 Å². The number of rotatable bonds is 8. The van der Waals surface area contributed by atoms with Crippen LogP contribution in [0.25, 0.3) is 0 Å². The summed E-state index contributed by atoms with van der Waals surface area (Å²) in [6.45, 7) is 3.65. The van der Waals surface area contributed by atoms with Gasteiger partial charge in [0.25, 0.3) is 0 Å². The summed E-state index contributed by atoms with van der Waals surface area (Å²) in [7, 11) is -0.131. The first kappa shape index (κ1) is 16.3. The predicted molar refractivity (Wildman–Crippen MR) is 82.9 cm³/mol. The molecule has 1 aromatic rings. The molecule has 0 unspecified atom stereocenters. The van der Waals surface area contributed by atoms with Gasteiger partial charge in [-0.1, -0.05) is 13.0 Å². The molecule has 0 heterocycles. The lowest BCUT2D eigenvalue weighted by Crippen LogP contribution is -2.33. The molecule has 1 aliphatic rings. The Bertz CT molecular complexity index is 583. The molecule has 118 valence electrons. The lowest BCUT2D eigenvalue weighted by Gasteiger charge is -2.22. The smallest absolute Gasteiger partial charge is 0.246 e. The van der Waals surface area contributed by atoms with Crippen LogP contribution in [0.2, 0.25) is 0 Å². The van der Waals surface area contributed by atoms with E-state index in [1.807, 2.05) is 20.0 Å². The van der Waals surface area contributed by atoms with Crippen LogP contribution in [0.1, 0.15) is 25.3 Å². The Hall–Kier alpha value is -1.11. The fourth-order valence-electron chi connectivity index (χ4n) is 2.36. The van der Waals surface area contributed by atoms with Gasteiger partial charge in [-0.25, -0.2) is 8.42 Å². The lowest BCUT2D eigenvalue weighted by molar-refractivity contribution is 0.388. The monoisotopic (exact) mass is 312 g/mol. The Morgan fingerprint density at radius 2 is 2.10 bits per heavy atom. The van der Waals surface area contributed by atoms with Crippen molar-refractivity contribution in [1.29, 1.82) is 0 Å². The zero-order valence-electron chi connectivity index (χ0n) is 12.9. The van der Waals surface area contributed by atoms with Crippen molar-refractivity contribution in [2.45, 2.75) is 31.2 Å². The second-order valence-electron chi connectivity index (χ2n) is 5.41. The van der Waals surface area contributed by atoms with Crippen LogP contribution >= 0.6 is 0 Å². The van der Waals surface area contributed by atoms with Crippen LogP contribution in [0.4, 0.5) is 0 Å². The molecule has 0 aromatic heterocycles. The molecule has 0 bridgehead atoms. The van der Waals surface area contributed by atoms with Gasteiger partial charge >= 0.3 is 0 Å². The van der Waals surface area contributed by atoms with E-state index in [1.54, 1.807) is 16.4 Å². The van der Waals surface area contributed by atoms with E-state index in [0.717, 1.165) is 18.4 Å². The van der Waals surface area contributed by atoms with Crippen molar-refractivity contribution in [2.75, 3.05) is 27.2 Å². The molecule has 1 aliphatic carbocycles. The highest BCUT2D eigenvalue weighted by atomic mass is 32.2. The van der Waals surface area contributed by atoms with Gasteiger partial charge in [0.15, 0.2) is 0 Å². The highest BCUT2D eigenvalue weighted by molar-refractivity contribution is 7.89. The van der Waals surface area contributed by atoms with Crippen molar-refractivity contribution >= 4 is 10.0 Å². The van der Waals surface area contributed by atoms with E-state index in [-0.39, 0.29) is 4.90 Å². The quantitative estimate of drug-likeness (QED) is 0.796. The maximum atomic E-state index is 12.8. The number of hydrogen-bond donors (Lipinski definition) is 1. The highest BCUT2D eigenvalue weighted by Gasteiger charge is 2.32. The van der Waals surface area contributed by atoms with Crippen molar-refractivity contribution in [2.24, 2.45) is 5.92 Å². The van der Waals surface area contributed by atoms with E-state index in [9.17, 15) is 8.42 Å². The molecule has 1 N–H and O–H groups in total. The molecular formula is C15H24N2O3S. The first-order valence-corrected chi connectivity index (χ1v) is 8.78. The van der Waals surface area contributed by atoms with Gasteiger partial charge in [-0.3, -0.25) is 0 Å². The molecule has 0 spiro atoms.